The van der Waals surface area contributed by atoms with Gasteiger partial charge in [0.2, 0.25) is 5.91 Å². The third kappa shape index (κ3) is 3.67. The average molecular weight is 283 g/mol. The number of hydrogen-bond acceptors (Lipinski definition) is 3. The minimum atomic E-state index is -0.362. The Bertz CT molecular complexity index is 623. The van der Waals surface area contributed by atoms with Crippen molar-refractivity contribution >= 4 is 11.6 Å². The minimum absolute atomic E-state index is 0.0540. The summed E-state index contributed by atoms with van der Waals surface area (Å²) in [4.78, 5) is 18.6. The molecule has 0 saturated carbocycles. The van der Waals surface area contributed by atoms with Crippen LogP contribution in [0, 0.1) is 13.8 Å². The van der Waals surface area contributed by atoms with E-state index in [1.54, 1.807) is 12.4 Å². The van der Waals surface area contributed by atoms with E-state index in [1.165, 1.54) is 0 Å². The highest BCUT2D eigenvalue weighted by atomic mass is 16.2. The van der Waals surface area contributed by atoms with E-state index in [0.29, 0.717) is 0 Å². The predicted octanol–water partition coefficient (Wildman–Crippen LogP) is 2.94. The first-order chi connectivity index (χ1) is 9.99. The van der Waals surface area contributed by atoms with Crippen molar-refractivity contribution in [1.29, 1.82) is 0 Å². The molecule has 21 heavy (non-hydrogen) atoms. The quantitative estimate of drug-likeness (QED) is 0.938. The lowest BCUT2D eigenvalue weighted by Crippen LogP contribution is -2.32. The molecule has 1 amide bonds. The van der Waals surface area contributed by atoms with Crippen LogP contribution >= 0.6 is 0 Å². The maximum absolute atomic E-state index is 12.6. The van der Waals surface area contributed by atoms with E-state index in [9.17, 15) is 4.79 Å². The Morgan fingerprint density at radius 2 is 2.00 bits per heavy atom. The highest BCUT2D eigenvalue weighted by Gasteiger charge is 2.23. The topological polar surface area (TPSA) is 45.2 Å². The molecule has 1 atom stereocenters. The Morgan fingerprint density at radius 3 is 2.62 bits per heavy atom. The van der Waals surface area contributed by atoms with E-state index in [0.717, 1.165) is 22.4 Å². The summed E-state index contributed by atoms with van der Waals surface area (Å²) in [6, 6.07) is 9.44. The molecule has 0 fully saturated rings. The smallest absolute Gasteiger partial charge is 0.246 e. The number of aryl methyl sites for hydroxylation is 2. The number of likely N-dealkylation sites (N-methyl/N-ethyl adjacent to an activating group) is 1. The van der Waals surface area contributed by atoms with Crippen molar-refractivity contribution in [2.45, 2.75) is 19.9 Å². The molecule has 2 aromatic rings. The first-order valence-corrected chi connectivity index (χ1v) is 6.93. The van der Waals surface area contributed by atoms with Crippen molar-refractivity contribution in [3.05, 3.63) is 59.4 Å². The fourth-order valence-corrected chi connectivity index (χ4v) is 2.29. The highest BCUT2D eigenvalue weighted by Crippen LogP contribution is 2.22. The monoisotopic (exact) mass is 283 g/mol. The van der Waals surface area contributed by atoms with Crippen LogP contribution in [0.3, 0.4) is 0 Å². The SMILES string of the molecule is Cc1ccc(C)c(NC(=O)C(c2cccnc2)N(C)C)c1. The number of rotatable bonds is 4. The molecule has 0 saturated heterocycles. The van der Waals surface area contributed by atoms with Crippen LogP contribution in [0.25, 0.3) is 0 Å². The maximum atomic E-state index is 12.6. The van der Waals surface area contributed by atoms with Gasteiger partial charge in [-0.1, -0.05) is 18.2 Å². The summed E-state index contributed by atoms with van der Waals surface area (Å²) >= 11 is 0. The largest absolute Gasteiger partial charge is 0.324 e. The molecule has 1 heterocycles. The second-order valence-corrected chi connectivity index (χ2v) is 5.46. The van der Waals surface area contributed by atoms with Crippen molar-refractivity contribution < 1.29 is 4.79 Å². The molecule has 1 aromatic heterocycles. The lowest BCUT2D eigenvalue weighted by molar-refractivity contribution is -0.120. The third-order valence-electron chi connectivity index (χ3n) is 3.42. The average Bonchev–Trinajstić information content (AvgIpc) is 2.44. The third-order valence-corrected chi connectivity index (χ3v) is 3.42. The van der Waals surface area contributed by atoms with Crippen molar-refractivity contribution in [3.8, 4) is 0 Å². The van der Waals surface area contributed by atoms with Crippen LogP contribution < -0.4 is 5.32 Å². The van der Waals surface area contributed by atoms with Crippen LogP contribution in [-0.2, 0) is 4.79 Å². The van der Waals surface area contributed by atoms with Crippen molar-refractivity contribution in [3.63, 3.8) is 0 Å². The number of amides is 1. The molecule has 1 N–H and O–H groups in total. The summed E-state index contributed by atoms with van der Waals surface area (Å²) in [6.07, 6.45) is 3.44. The van der Waals surface area contributed by atoms with E-state index in [-0.39, 0.29) is 11.9 Å². The van der Waals surface area contributed by atoms with Crippen LogP contribution in [0.2, 0.25) is 0 Å². The minimum Gasteiger partial charge on any atom is -0.324 e. The zero-order chi connectivity index (χ0) is 15.4. The molecule has 0 bridgehead atoms. The Labute approximate surface area is 125 Å². The maximum Gasteiger partial charge on any atom is 0.246 e. The highest BCUT2D eigenvalue weighted by molar-refractivity contribution is 5.96. The van der Waals surface area contributed by atoms with Crippen LogP contribution in [0.15, 0.2) is 42.7 Å². The van der Waals surface area contributed by atoms with Gasteiger partial charge in [-0.15, -0.1) is 0 Å². The summed E-state index contributed by atoms with van der Waals surface area (Å²) in [5.74, 6) is -0.0540. The number of anilines is 1. The van der Waals surface area contributed by atoms with Gasteiger partial charge in [-0.2, -0.15) is 0 Å². The second-order valence-electron chi connectivity index (χ2n) is 5.46. The Hall–Kier alpha value is -2.20. The van der Waals surface area contributed by atoms with Crippen molar-refractivity contribution in [2.24, 2.45) is 0 Å². The summed E-state index contributed by atoms with van der Waals surface area (Å²) < 4.78 is 0. The van der Waals surface area contributed by atoms with Gasteiger partial charge in [0.15, 0.2) is 0 Å². The molecular weight excluding hydrogens is 262 g/mol. The lowest BCUT2D eigenvalue weighted by atomic mass is 10.1. The number of aromatic nitrogens is 1. The summed E-state index contributed by atoms with van der Waals surface area (Å²) in [5.41, 5.74) is 3.91. The standard InChI is InChI=1S/C17H21N3O/c1-12-7-8-13(2)15(10-12)19-17(21)16(20(3)4)14-6-5-9-18-11-14/h5-11,16H,1-4H3,(H,19,21). The number of carbonyl (C=O) groups excluding carboxylic acids is 1. The van der Waals surface area contributed by atoms with Gasteiger partial charge in [-0.05, 0) is 56.8 Å². The zero-order valence-electron chi connectivity index (χ0n) is 12.9. The van der Waals surface area contributed by atoms with Crippen LogP contribution in [0.4, 0.5) is 5.69 Å². The van der Waals surface area contributed by atoms with E-state index < -0.39 is 0 Å². The molecule has 1 unspecified atom stereocenters. The molecule has 0 radical (unpaired) electrons. The number of hydrogen-bond donors (Lipinski definition) is 1. The normalized spacial score (nSPS) is 12.2. The van der Waals surface area contributed by atoms with Gasteiger partial charge in [0.25, 0.3) is 0 Å². The molecule has 0 aliphatic carbocycles. The van der Waals surface area contributed by atoms with Crippen molar-refractivity contribution in [2.75, 3.05) is 19.4 Å². The molecular formula is C17H21N3O. The summed E-state index contributed by atoms with van der Waals surface area (Å²) in [5, 5.41) is 3.02. The fraction of sp³-hybridized carbons (Fsp3) is 0.294. The molecule has 110 valence electrons. The number of benzene rings is 1. The number of carbonyl (C=O) groups is 1. The van der Waals surface area contributed by atoms with Gasteiger partial charge >= 0.3 is 0 Å². The lowest BCUT2D eigenvalue weighted by Gasteiger charge is -2.24. The van der Waals surface area contributed by atoms with E-state index in [4.69, 9.17) is 0 Å². The first kappa shape index (κ1) is 15.2. The Kier molecular flexibility index (Phi) is 4.70. The predicted molar refractivity (Wildman–Crippen MR) is 85.2 cm³/mol. The van der Waals surface area contributed by atoms with Crippen LogP contribution in [0.5, 0.6) is 0 Å². The molecule has 4 nitrogen and oxygen atoms in total. The number of pyridine rings is 1. The molecule has 0 spiro atoms. The van der Waals surface area contributed by atoms with E-state index >= 15 is 0 Å². The Balaban J connectivity index is 2.26. The Morgan fingerprint density at radius 1 is 1.24 bits per heavy atom. The van der Waals surface area contributed by atoms with Gasteiger partial charge in [-0.25, -0.2) is 0 Å². The molecule has 2 rings (SSSR count). The van der Waals surface area contributed by atoms with Gasteiger partial charge < -0.3 is 5.32 Å². The molecule has 1 aromatic carbocycles. The summed E-state index contributed by atoms with van der Waals surface area (Å²) in [7, 11) is 3.78. The van der Waals surface area contributed by atoms with Gasteiger partial charge in [0.05, 0.1) is 0 Å². The van der Waals surface area contributed by atoms with E-state index in [2.05, 4.69) is 10.3 Å². The first-order valence-electron chi connectivity index (χ1n) is 6.93. The van der Waals surface area contributed by atoms with Gasteiger partial charge in [0, 0.05) is 18.1 Å². The zero-order valence-corrected chi connectivity index (χ0v) is 12.9. The molecule has 4 heteroatoms. The van der Waals surface area contributed by atoms with Crippen molar-refractivity contribution in [1.82, 2.24) is 9.88 Å². The van der Waals surface area contributed by atoms with Crippen LogP contribution in [-0.4, -0.2) is 29.9 Å². The summed E-state index contributed by atoms with van der Waals surface area (Å²) in [6.45, 7) is 4.00. The van der Waals surface area contributed by atoms with Gasteiger partial charge in [-0.3, -0.25) is 14.7 Å². The second kappa shape index (κ2) is 6.50. The molecule has 0 aliphatic rings. The number of nitrogens with one attached hydrogen (secondary N) is 1. The fourth-order valence-electron chi connectivity index (χ4n) is 2.29. The van der Waals surface area contributed by atoms with Crippen LogP contribution in [0.1, 0.15) is 22.7 Å². The number of nitrogens with zero attached hydrogens (tertiary/aromatic N) is 2. The van der Waals surface area contributed by atoms with Gasteiger partial charge in [0.1, 0.15) is 6.04 Å². The molecule has 0 aliphatic heterocycles. The van der Waals surface area contributed by atoms with E-state index in [1.807, 2.05) is 63.2 Å².